The molecule has 1 saturated heterocycles. The summed E-state index contributed by atoms with van der Waals surface area (Å²) in [6, 6.07) is 19.8. The van der Waals surface area contributed by atoms with Gasteiger partial charge in [-0.3, -0.25) is 9.59 Å². The number of carbonyl (C=O) groups excluding carboxylic acids is 3. The quantitative estimate of drug-likeness (QED) is 0.339. The van der Waals surface area contributed by atoms with Gasteiger partial charge in [-0.15, -0.1) is 0 Å². The highest BCUT2D eigenvalue weighted by molar-refractivity contribution is 6.92. The summed E-state index contributed by atoms with van der Waals surface area (Å²) in [5, 5.41) is 4.59. The Labute approximate surface area is 229 Å². The third-order valence-corrected chi connectivity index (χ3v) is 12.2. The van der Waals surface area contributed by atoms with Crippen LogP contribution in [0.4, 0.5) is 0 Å². The van der Waals surface area contributed by atoms with E-state index in [0.717, 1.165) is 12.8 Å². The molecule has 2 aromatic rings. The van der Waals surface area contributed by atoms with Crippen LogP contribution in [0.1, 0.15) is 70.7 Å². The van der Waals surface area contributed by atoms with Gasteiger partial charge in [0.05, 0.1) is 0 Å². The van der Waals surface area contributed by atoms with Gasteiger partial charge in [0.2, 0.25) is 5.91 Å². The number of carbonyl (C=O) groups is 3. The van der Waals surface area contributed by atoms with Gasteiger partial charge in [0.15, 0.2) is 0 Å². The summed E-state index contributed by atoms with van der Waals surface area (Å²) >= 11 is 0. The third-order valence-electron chi connectivity index (χ3n) is 7.36. The third kappa shape index (κ3) is 7.79. The molecule has 206 valence electrons. The van der Waals surface area contributed by atoms with Crippen LogP contribution < -0.4 is 10.5 Å². The molecule has 2 amide bonds. The maximum absolute atomic E-state index is 13.5. The number of rotatable bonds is 10. The van der Waals surface area contributed by atoms with Gasteiger partial charge >= 0.3 is 5.97 Å². The predicted octanol–water partition coefficient (Wildman–Crippen LogP) is 5.08. The van der Waals surface area contributed by atoms with E-state index < -0.39 is 19.7 Å². The van der Waals surface area contributed by atoms with E-state index in [2.05, 4.69) is 37.8 Å². The lowest BCUT2D eigenvalue weighted by Crippen LogP contribution is -2.62. The minimum absolute atomic E-state index is 0.00861. The van der Waals surface area contributed by atoms with Gasteiger partial charge in [-0.05, 0) is 64.1 Å². The Kier molecular flexibility index (Phi) is 9.93. The summed E-state index contributed by atoms with van der Waals surface area (Å²) < 4.78 is 5.61. The van der Waals surface area contributed by atoms with E-state index in [-0.39, 0.29) is 23.4 Å². The maximum atomic E-state index is 13.5. The number of nitrogens with one attached hydrogen (secondary N) is 1. The minimum Gasteiger partial charge on any atom is -0.458 e. The summed E-state index contributed by atoms with van der Waals surface area (Å²) in [6.45, 7) is 12.7. The first-order valence-corrected chi connectivity index (χ1v) is 16.6. The Morgan fingerprint density at radius 2 is 1.63 bits per heavy atom. The maximum Gasteiger partial charge on any atom is 0.329 e. The summed E-state index contributed by atoms with van der Waals surface area (Å²) in [7, 11) is -2.41. The molecule has 1 aliphatic heterocycles. The molecule has 6 nitrogen and oxygen atoms in total. The Bertz CT molecular complexity index is 1080. The van der Waals surface area contributed by atoms with Crippen molar-refractivity contribution in [2.45, 2.75) is 90.2 Å². The predicted molar refractivity (Wildman–Crippen MR) is 155 cm³/mol. The lowest BCUT2D eigenvalue weighted by molar-refractivity contribution is -0.163. The molecule has 0 aliphatic carbocycles. The van der Waals surface area contributed by atoms with Crippen molar-refractivity contribution >= 4 is 31.0 Å². The van der Waals surface area contributed by atoms with Gasteiger partial charge < -0.3 is 15.0 Å². The lowest BCUT2D eigenvalue weighted by atomic mass is 10.1. The van der Waals surface area contributed by atoms with E-state index in [0.29, 0.717) is 36.9 Å². The van der Waals surface area contributed by atoms with Crippen molar-refractivity contribution in [3.05, 3.63) is 66.2 Å². The van der Waals surface area contributed by atoms with Crippen molar-refractivity contribution in [2.24, 2.45) is 5.92 Å². The second kappa shape index (κ2) is 12.7. The zero-order valence-electron chi connectivity index (χ0n) is 23.8. The van der Waals surface area contributed by atoms with E-state index in [1.807, 2.05) is 69.3 Å². The molecule has 0 bridgehead atoms. The first-order chi connectivity index (χ1) is 17.9. The molecule has 1 heterocycles. The smallest absolute Gasteiger partial charge is 0.329 e. The zero-order valence-corrected chi connectivity index (χ0v) is 24.8. The van der Waals surface area contributed by atoms with Crippen LogP contribution in [0.5, 0.6) is 0 Å². The van der Waals surface area contributed by atoms with E-state index in [9.17, 15) is 14.4 Å². The highest BCUT2D eigenvalue weighted by atomic mass is 28.3. The number of esters is 1. The molecule has 38 heavy (non-hydrogen) atoms. The fourth-order valence-electron chi connectivity index (χ4n) is 5.31. The monoisotopic (exact) mass is 536 g/mol. The molecular formula is C31H44N2O4Si. The number of hydrogen-bond donors (Lipinski definition) is 1. The van der Waals surface area contributed by atoms with Gasteiger partial charge in [-0.2, -0.15) is 0 Å². The lowest BCUT2D eigenvalue weighted by Gasteiger charge is -2.38. The number of likely N-dealkylation sites (tertiary alicyclic amines) is 1. The molecule has 3 atom stereocenters. The van der Waals surface area contributed by atoms with Crippen molar-refractivity contribution in [3.63, 3.8) is 0 Å². The molecule has 0 spiro atoms. The highest BCUT2D eigenvalue weighted by Gasteiger charge is 2.42. The fraction of sp³-hybridized carbons (Fsp3) is 0.516. The van der Waals surface area contributed by atoms with Gasteiger partial charge in [-0.1, -0.05) is 74.1 Å². The molecule has 1 fully saturated rings. The summed E-state index contributed by atoms with van der Waals surface area (Å²) in [5.74, 6) is -0.0378. The van der Waals surface area contributed by atoms with Crippen LogP contribution in [0.15, 0.2) is 60.7 Å². The second-order valence-corrected chi connectivity index (χ2v) is 16.7. The van der Waals surface area contributed by atoms with Crippen LogP contribution in [0.25, 0.3) is 0 Å². The Morgan fingerprint density at radius 3 is 2.21 bits per heavy atom. The molecule has 2 unspecified atom stereocenters. The number of amides is 2. The summed E-state index contributed by atoms with van der Waals surface area (Å²) in [4.78, 5) is 41.4. The van der Waals surface area contributed by atoms with Crippen molar-refractivity contribution in [3.8, 4) is 0 Å². The van der Waals surface area contributed by atoms with E-state index in [1.54, 1.807) is 4.90 Å². The Balaban J connectivity index is 1.84. The molecule has 0 radical (unpaired) electrons. The van der Waals surface area contributed by atoms with Crippen molar-refractivity contribution < 1.29 is 19.1 Å². The van der Waals surface area contributed by atoms with Crippen LogP contribution in [0.3, 0.4) is 0 Å². The first kappa shape index (κ1) is 29.6. The van der Waals surface area contributed by atoms with Crippen LogP contribution in [0, 0.1) is 5.92 Å². The average Bonchev–Trinajstić information content (AvgIpc) is 3.37. The average molecular weight is 537 g/mol. The Morgan fingerprint density at radius 1 is 1.03 bits per heavy atom. The highest BCUT2D eigenvalue weighted by Crippen LogP contribution is 2.27. The van der Waals surface area contributed by atoms with E-state index >= 15 is 0 Å². The first-order valence-electron chi connectivity index (χ1n) is 13.8. The molecule has 3 rings (SSSR count). The SMILES string of the molecule is CC(C)CC(NC(=O)c1ccccc1)[Si](C)(CCC(=O)N1CCC[C@H]1C(=O)OC(C)(C)C)c1ccccc1. The number of hydrogen-bond acceptors (Lipinski definition) is 4. The van der Waals surface area contributed by atoms with Crippen LogP contribution in [-0.2, 0) is 14.3 Å². The van der Waals surface area contributed by atoms with Gasteiger partial charge in [-0.25, -0.2) is 4.79 Å². The minimum atomic E-state index is -2.41. The number of ether oxygens (including phenoxy) is 1. The molecule has 1 aliphatic rings. The van der Waals surface area contributed by atoms with E-state index in [1.165, 1.54) is 5.19 Å². The van der Waals surface area contributed by atoms with Crippen molar-refractivity contribution in [2.75, 3.05) is 6.54 Å². The topological polar surface area (TPSA) is 75.7 Å². The zero-order chi connectivity index (χ0) is 27.9. The second-order valence-electron chi connectivity index (χ2n) is 12.1. The molecule has 7 heteroatoms. The van der Waals surface area contributed by atoms with Crippen LogP contribution in [-0.4, -0.2) is 54.6 Å². The van der Waals surface area contributed by atoms with Gasteiger partial charge in [0.25, 0.3) is 5.91 Å². The molecule has 1 N–H and O–H groups in total. The molecule has 0 aromatic heterocycles. The van der Waals surface area contributed by atoms with Gasteiger partial charge in [0.1, 0.15) is 19.7 Å². The fourth-order valence-corrected chi connectivity index (χ4v) is 9.48. The summed E-state index contributed by atoms with van der Waals surface area (Å²) in [5.41, 5.74) is -0.00143. The van der Waals surface area contributed by atoms with Crippen molar-refractivity contribution in [1.82, 2.24) is 10.2 Å². The Hall–Kier alpha value is -2.93. The van der Waals surface area contributed by atoms with Crippen LogP contribution in [0.2, 0.25) is 12.6 Å². The molecule has 2 aromatic carbocycles. The molecule has 0 saturated carbocycles. The number of nitrogens with zero attached hydrogens (tertiary/aromatic N) is 1. The number of benzene rings is 2. The van der Waals surface area contributed by atoms with Gasteiger partial charge in [0, 0.05) is 24.2 Å². The largest absolute Gasteiger partial charge is 0.458 e. The van der Waals surface area contributed by atoms with E-state index in [4.69, 9.17) is 4.74 Å². The van der Waals surface area contributed by atoms with Crippen LogP contribution >= 0.6 is 0 Å². The summed E-state index contributed by atoms with van der Waals surface area (Å²) in [6.07, 6.45) is 2.60. The van der Waals surface area contributed by atoms with Crippen molar-refractivity contribution in [1.29, 1.82) is 0 Å². The standard InChI is InChI=1S/C31H44N2O4Si/c1-23(2)22-27(32-29(35)24-14-9-7-10-15-24)38(6,25-16-11-8-12-17-25)21-19-28(34)33-20-13-18-26(33)30(36)37-31(3,4)5/h7-12,14-17,23,26-27H,13,18-22H2,1-6H3,(H,32,35)/t26-,27?,38?/m0/s1. The normalized spacial score (nSPS) is 18.1. The molecular weight excluding hydrogens is 492 g/mol.